The van der Waals surface area contributed by atoms with E-state index in [2.05, 4.69) is 20.0 Å². The van der Waals surface area contributed by atoms with Gasteiger partial charge in [0.15, 0.2) is 11.6 Å². The predicted octanol–water partition coefficient (Wildman–Crippen LogP) is 4.37. The fourth-order valence-corrected chi connectivity index (χ4v) is 3.96. The number of benzene rings is 3. The number of nitrogen functional groups attached to an aromatic ring is 1. The van der Waals surface area contributed by atoms with Gasteiger partial charge in [0.1, 0.15) is 0 Å². The van der Waals surface area contributed by atoms with E-state index in [9.17, 15) is 8.42 Å². The summed E-state index contributed by atoms with van der Waals surface area (Å²) < 4.78 is 28.4. The Morgan fingerprint density at radius 3 is 2.07 bits per heavy atom. The predicted molar refractivity (Wildman–Crippen MR) is 120 cm³/mol. The largest absolute Gasteiger partial charge is 0.399 e. The summed E-state index contributed by atoms with van der Waals surface area (Å²) in [5.74, 6) is 0.430. The Kier molecular flexibility index (Phi) is 5.01. The van der Waals surface area contributed by atoms with Gasteiger partial charge in [0.25, 0.3) is 10.0 Å². The highest BCUT2D eigenvalue weighted by atomic mass is 32.2. The fourth-order valence-electron chi connectivity index (χ4n) is 2.95. The number of nitrogens with zero attached hydrogens (tertiary/aromatic N) is 2. The van der Waals surface area contributed by atoms with Crippen LogP contribution in [0.2, 0.25) is 0 Å². The number of anilines is 4. The first-order valence-electron chi connectivity index (χ1n) is 9.31. The maximum absolute atomic E-state index is 12.9. The molecule has 0 bridgehead atoms. The van der Waals surface area contributed by atoms with Crippen LogP contribution in [0, 0.1) is 13.8 Å². The smallest absolute Gasteiger partial charge is 0.263 e. The number of fused-ring (bicyclic) bond motifs is 1. The van der Waals surface area contributed by atoms with Crippen LogP contribution >= 0.6 is 0 Å². The van der Waals surface area contributed by atoms with Crippen molar-refractivity contribution < 1.29 is 8.42 Å². The van der Waals surface area contributed by atoms with Crippen molar-refractivity contribution in [3.8, 4) is 0 Å². The van der Waals surface area contributed by atoms with E-state index in [4.69, 9.17) is 5.73 Å². The zero-order chi connectivity index (χ0) is 21.3. The number of hydrogen-bond acceptors (Lipinski definition) is 6. The molecule has 0 atom stereocenters. The summed E-state index contributed by atoms with van der Waals surface area (Å²) in [4.78, 5) is 9.18. The van der Waals surface area contributed by atoms with Gasteiger partial charge >= 0.3 is 0 Å². The molecule has 4 rings (SSSR count). The lowest BCUT2D eigenvalue weighted by Gasteiger charge is -2.14. The number of hydrogen-bond donors (Lipinski definition) is 3. The SMILES string of the molecule is Cc1ccc(Nc2nc3ccccc3nc2NS(=O)(=O)c2ccc(N)cc2)cc1C. The summed E-state index contributed by atoms with van der Waals surface area (Å²) in [6, 6.07) is 19.1. The molecule has 1 heterocycles. The maximum Gasteiger partial charge on any atom is 0.263 e. The van der Waals surface area contributed by atoms with E-state index in [0.29, 0.717) is 22.5 Å². The molecule has 0 aliphatic heterocycles. The molecule has 7 nitrogen and oxygen atoms in total. The third kappa shape index (κ3) is 4.04. The highest BCUT2D eigenvalue weighted by Gasteiger charge is 2.19. The van der Waals surface area contributed by atoms with Crippen LogP contribution in [0.5, 0.6) is 0 Å². The first kappa shape index (κ1) is 19.7. The van der Waals surface area contributed by atoms with Gasteiger partial charge in [0, 0.05) is 11.4 Å². The molecule has 0 saturated carbocycles. The van der Waals surface area contributed by atoms with Gasteiger partial charge in [0.2, 0.25) is 0 Å². The molecule has 8 heteroatoms. The molecule has 30 heavy (non-hydrogen) atoms. The number of aryl methyl sites for hydroxylation is 2. The van der Waals surface area contributed by atoms with Crippen LogP contribution < -0.4 is 15.8 Å². The van der Waals surface area contributed by atoms with E-state index in [1.54, 1.807) is 6.07 Å². The number of sulfonamides is 1. The van der Waals surface area contributed by atoms with Gasteiger partial charge in [-0.25, -0.2) is 18.4 Å². The van der Waals surface area contributed by atoms with Crippen LogP contribution in [0.25, 0.3) is 11.0 Å². The summed E-state index contributed by atoms with van der Waals surface area (Å²) in [5, 5.41) is 3.20. The Labute approximate surface area is 175 Å². The van der Waals surface area contributed by atoms with Crippen molar-refractivity contribution in [1.82, 2.24) is 9.97 Å². The minimum absolute atomic E-state index is 0.0868. The monoisotopic (exact) mass is 419 g/mol. The van der Waals surface area contributed by atoms with E-state index in [1.165, 1.54) is 24.3 Å². The third-order valence-electron chi connectivity index (χ3n) is 4.76. The average molecular weight is 420 g/mol. The van der Waals surface area contributed by atoms with Gasteiger partial charge in [0.05, 0.1) is 15.9 Å². The highest BCUT2D eigenvalue weighted by molar-refractivity contribution is 7.92. The second-order valence-electron chi connectivity index (χ2n) is 7.01. The van der Waals surface area contributed by atoms with E-state index in [1.807, 2.05) is 50.2 Å². The summed E-state index contributed by atoms with van der Waals surface area (Å²) in [5.41, 5.74) is 10.4. The van der Waals surface area contributed by atoms with Crippen molar-refractivity contribution in [2.24, 2.45) is 0 Å². The number of rotatable bonds is 5. The Morgan fingerprint density at radius 1 is 0.800 bits per heavy atom. The molecule has 4 N–H and O–H groups in total. The van der Waals surface area contributed by atoms with Gasteiger partial charge in [-0.2, -0.15) is 0 Å². The first-order chi connectivity index (χ1) is 14.3. The molecular weight excluding hydrogens is 398 g/mol. The van der Waals surface area contributed by atoms with E-state index < -0.39 is 10.0 Å². The fraction of sp³-hybridized carbons (Fsp3) is 0.0909. The number of para-hydroxylation sites is 2. The normalized spacial score (nSPS) is 11.4. The van der Waals surface area contributed by atoms with Crippen LogP contribution in [-0.2, 0) is 10.0 Å². The molecule has 0 fully saturated rings. The Hall–Kier alpha value is -3.65. The van der Waals surface area contributed by atoms with Crippen LogP contribution in [-0.4, -0.2) is 18.4 Å². The second kappa shape index (κ2) is 7.64. The summed E-state index contributed by atoms with van der Waals surface area (Å²) in [6.07, 6.45) is 0. The standard InChI is InChI=1S/C22H21N5O2S/c1-14-7-10-17(13-15(14)2)24-21-22(26-20-6-4-3-5-19(20)25-21)27-30(28,29)18-11-8-16(23)9-12-18/h3-13H,23H2,1-2H3,(H,24,25)(H,26,27). The van der Waals surface area contributed by atoms with Crippen molar-refractivity contribution >= 4 is 44.1 Å². The Balaban J connectivity index is 1.78. The summed E-state index contributed by atoms with van der Waals surface area (Å²) in [6.45, 7) is 4.04. The Morgan fingerprint density at radius 2 is 1.43 bits per heavy atom. The third-order valence-corrected chi connectivity index (χ3v) is 6.12. The van der Waals surface area contributed by atoms with Gasteiger partial charge in [-0.15, -0.1) is 0 Å². The van der Waals surface area contributed by atoms with Crippen LogP contribution in [0.15, 0.2) is 71.6 Å². The maximum atomic E-state index is 12.9. The average Bonchev–Trinajstić information content (AvgIpc) is 2.71. The zero-order valence-corrected chi connectivity index (χ0v) is 17.4. The van der Waals surface area contributed by atoms with E-state index in [0.717, 1.165) is 16.8 Å². The molecule has 0 radical (unpaired) electrons. The van der Waals surface area contributed by atoms with Gasteiger partial charge in [-0.3, -0.25) is 4.72 Å². The number of aromatic nitrogens is 2. The van der Waals surface area contributed by atoms with E-state index in [-0.39, 0.29) is 10.7 Å². The van der Waals surface area contributed by atoms with Crippen LogP contribution in [0.3, 0.4) is 0 Å². The zero-order valence-electron chi connectivity index (χ0n) is 16.5. The van der Waals surface area contributed by atoms with Crippen molar-refractivity contribution in [3.05, 3.63) is 77.9 Å². The van der Waals surface area contributed by atoms with Crippen molar-refractivity contribution in [2.45, 2.75) is 18.7 Å². The molecule has 0 amide bonds. The minimum Gasteiger partial charge on any atom is -0.399 e. The molecule has 0 aliphatic rings. The van der Waals surface area contributed by atoms with Crippen LogP contribution in [0.1, 0.15) is 11.1 Å². The molecule has 0 spiro atoms. The molecule has 0 saturated heterocycles. The molecule has 3 aromatic carbocycles. The highest BCUT2D eigenvalue weighted by Crippen LogP contribution is 2.28. The van der Waals surface area contributed by atoms with Gasteiger partial charge in [-0.05, 0) is 73.5 Å². The van der Waals surface area contributed by atoms with Gasteiger partial charge < -0.3 is 11.1 Å². The molecule has 1 aromatic heterocycles. The lowest BCUT2D eigenvalue weighted by atomic mass is 10.1. The topological polar surface area (TPSA) is 110 Å². The van der Waals surface area contributed by atoms with E-state index >= 15 is 0 Å². The van der Waals surface area contributed by atoms with Crippen molar-refractivity contribution in [3.63, 3.8) is 0 Å². The number of nitrogens with two attached hydrogens (primary N) is 1. The number of nitrogens with one attached hydrogen (secondary N) is 2. The quantitative estimate of drug-likeness (QED) is 0.414. The minimum atomic E-state index is -3.88. The van der Waals surface area contributed by atoms with Crippen LogP contribution in [0.4, 0.5) is 23.0 Å². The molecule has 0 unspecified atom stereocenters. The molecule has 152 valence electrons. The summed E-state index contributed by atoms with van der Waals surface area (Å²) in [7, 11) is -3.88. The molecule has 4 aromatic rings. The van der Waals surface area contributed by atoms with Crippen molar-refractivity contribution in [1.29, 1.82) is 0 Å². The Bertz CT molecular complexity index is 1340. The first-order valence-corrected chi connectivity index (χ1v) is 10.8. The van der Waals surface area contributed by atoms with Crippen molar-refractivity contribution in [2.75, 3.05) is 15.8 Å². The molecule has 0 aliphatic carbocycles. The van der Waals surface area contributed by atoms with Gasteiger partial charge in [-0.1, -0.05) is 18.2 Å². The molecular formula is C22H21N5O2S. The second-order valence-corrected chi connectivity index (χ2v) is 8.69. The lowest BCUT2D eigenvalue weighted by Crippen LogP contribution is -2.16. The summed E-state index contributed by atoms with van der Waals surface area (Å²) >= 11 is 0. The lowest BCUT2D eigenvalue weighted by molar-refractivity contribution is 0.601.